The SMILES string of the molecule is CC(C)[C@H](NC(=O)C1CCN(C(=O)C(C)(C)C)CC1)c1ccc2c(c1)OCCO2. The molecule has 3 rings (SSSR count). The van der Waals surface area contributed by atoms with Gasteiger partial charge in [-0.15, -0.1) is 0 Å². The highest BCUT2D eigenvalue weighted by atomic mass is 16.6. The lowest BCUT2D eigenvalue weighted by Crippen LogP contribution is -2.47. The summed E-state index contributed by atoms with van der Waals surface area (Å²) in [4.78, 5) is 27.3. The van der Waals surface area contributed by atoms with Crippen LogP contribution in [0.4, 0.5) is 0 Å². The van der Waals surface area contributed by atoms with E-state index in [2.05, 4.69) is 19.2 Å². The molecule has 2 amide bonds. The van der Waals surface area contributed by atoms with Crippen molar-refractivity contribution in [3.05, 3.63) is 23.8 Å². The zero-order valence-electron chi connectivity index (χ0n) is 18.3. The Morgan fingerprint density at radius 2 is 1.69 bits per heavy atom. The summed E-state index contributed by atoms with van der Waals surface area (Å²) in [6.45, 7) is 12.4. The summed E-state index contributed by atoms with van der Waals surface area (Å²) < 4.78 is 11.3. The van der Waals surface area contributed by atoms with Gasteiger partial charge in [-0.05, 0) is 36.5 Å². The van der Waals surface area contributed by atoms with Crippen LogP contribution in [0.15, 0.2) is 18.2 Å². The second-order valence-corrected chi connectivity index (χ2v) is 9.45. The summed E-state index contributed by atoms with van der Waals surface area (Å²) in [6.07, 6.45) is 1.42. The highest BCUT2D eigenvalue weighted by Gasteiger charge is 2.33. The first-order valence-corrected chi connectivity index (χ1v) is 10.7. The van der Waals surface area contributed by atoms with Gasteiger partial charge in [0.05, 0.1) is 6.04 Å². The molecule has 2 heterocycles. The van der Waals surface area contributed by atoms with Crippen LogP contribution in [0.3, 0.4) is 0 Å². The molecule has 6 heteroatoms. The van der Waals surface area contributed by atoms with Gasteiger partial charge in [-0.25, -0.2) is 0 Å². The van der Waals surface area contributed by atoms with Crippen molar-refractivity contribution in [2.75, 3.05) is 26.3 Å². The summed E-state index contributed by atoms with van der Waals surface area (Å²) in [5.74, 6) is 1.91. The van der Waals surface area contributed by atoms with Gasteiger partial charge in [0.15, 0.2) is 11.5 Å². The average Bonchev–Trinajstić information content (AvgIpc) is 2.70. The standard InChI is InChI=1S/C23H34N2O4/c1-15(2)20(17-6-7-18-19(14-17)29-13-12-28-18)24-21(26)16-8-10-25(11-9-16)22(27)23(3,4)5/h6-7,14-16,20H,8-13H2,1-5H3,(H,24,26)/t20-/m0/s1. The third-order valence-electron chi connectivity index (χ3n) is 5.68. The van der Waals surface area contributed by atoms with Crippen molar-refractivity contribution in [2.24, 2.45) is 17.3 Å². The Kier molecular flexibility index (Phi) is 6.39. The predicted molar refractivity (Wildman–Crippen MR) is 112 cm³/mol. The summed E-state index contributed by atoms with van der Waals surface area (Å²) in [5.41, 5.74) is 0.647. The van der Waals surface area contributed by atoms with Crippen molar-refractivity contribution in [1.29, 1.82) is 0 Å². The number of likely N-dealkylation sites (tertiary alicyclic amines) is 1. The van der Waals surface area contributed by atoms with E-state index < -0.39 is 0 Å². The number of amides is 2. The second-order valence-electron chi connectivity index (χ2n) is 9.45. The normalized spacial score (nSPS) is 18.5. The molecular formula is C23H34N2O4. The van der Waals surface area contributed by atoms with Crippen LogP contribution >= 0.6 is 0 Å². The van der Waals surface area contributed by atoms with E-state index in [0.29, 0.717) is 39.1 Å². The molecule has 0 saturated carbocycles. The number of piperidine rings is 1. The van der Waals surface area contributed by atoms with Gasteiger partial charge in [0.2, 0.25) is 11.8 Å². The summed E-state index contributed by atoms with van der Waals surface area (Å²) >= 11 is 0. The molecule has 29 heavy (non-hydrogen) atoms. The van der Waals surface area contributed by atoms with Gasteiger partial charge in [0.25, 0.3) is 0 Å². The number of carbonyl (C=O) groups excluding carboxylic acids is 2. The fourth-order valence-electron chi connectivity index (χ4n) is 3.98. The van der Waals surface area contributed by atoms with Crippen LogP contribution in [0, 0.1) is 17.3 Å². The Bertz CT molecular complexity index is 746. The molecular weight excluding hydrogens is 368 g/mol. The molecule has 2 aliphatic heterocycles. The quantitative estimate of drug-likeness (QED) is 0.836. The maximum absolute atomic E-state index is 13.0. The molecule has 1 aromatic carbocycles. The Balaban J connectivity index is 1.63. The maximum atomic E-state index is 13.0. The lowest BCUT2D eigenvalue weighted by molar-refractivity contribution is -0.142. The minimum absolute atomic E-state index is 0.0579. The number of benzene rings is 1. The van der Waals surface area contributed by atoms with E-state index in [1.165, 1.54) is 0 Å². The van der Waals surface area contributed by atoms with Crippen LogP contribution in [-0.2, 0) is 9.59 Å². The van der Waals surface area contributed by atoms with Gasteiger partial charge in [-0.1, -0.05) is 40.7 Å². The predicted octanol–water partition coefficient (Wildman–Crippen LogP) is 3.56. The molecule has 1 atom stereocenters. The molecule has 0 bridgehead atoms. The van der Waals surface area contributed by atoms with Crippen molar-refractivity contribution in [1.82, 2.24) is 10.2 Å². The number of rotatable bonds is 4. The second kappa shape index (κ2) is 8.64. The van der Waals surface area contributed by atoms with E-state index in [-0.39, 0.29) is 35.1 Å². The minimum Gasteiger partial charge on any atom is -0.486 e. The van der Waals surface area contributed by atoms with Gasteiger partial charge < -0.3 is 19.7 Å². The molecule has 1 N–H and O–H groups in total. The van der Waals surface area contributed by atoms with E-state index in [1.807, 2.05) is 43.9 Å². The molecule has 0 aromatic heterocycles. The van der Waals surface area contributed by atoms with Gasteiger partial charge in [0.1, 0.15) is 13.2 Å². The lowest BCUT2D eigenvalue weighted by Gasteiger charge is -2.36. The fraction of sp³-hybridized carbons (Fsp3) is 0.652. The van der Waals surface area contributed by atoms with Crippen molar-refractivity contribution >= 4 is 11.8 Å². The van der Waals surface area contributed by atoms with Crippen LogP contribution in [-0.4, -0.2) is 43.0 Å². The molecule has 0 spiro atoms. The summed E-state index contributed by atoms with van der Waals surface area (Å²) in [5, 5.41) is 3.24. The third kappa shape index (κ3) is 5.03. The van der Waals surface area contributed by atoms with Crippen LogP contribution < -0.4 is 14.8 Å². The number of nitrogens with one attached hydrogen (secondary N) is 1. The highest BCUT2D eigenvalue weighted by Crippen LogP contribution is 2.34. The number of fused-ring (bicyclic) bond motifs is 1. The first kappa shape index (κ1) is 21.5. The smallest absolute Gasteiger partial charge is 0.227 e. The largest absolute Gasteiger partial charge is 0.486 e. The number of hydrogen-bond donors (Lipinski definition) is 1. The van der Waals surface area contributed by atoms with E-state index >= 15 is 0 Å². The highest BCUT2D eigenvalue weighted by molar-refractivity contribution is 5.83. The van der Waals surface area contributed by atoms with E-state index in [4.69, 9.17) is 9.47 Å². The molecule has 1 fully saturated rings. The molecule has 0 unspecified atom stereocenters. The first-order valence-electron chi connectivity index (χ1n) is 10.7. The number of nitrogens with zero attached hydrogens (tertiary/aromatic N) is 1. The maximum Gasteiger partial charge on any atom is 0.227 e. The van der Waals surface area contributed by atoms with Crippen molar-refractivity contribution < 1.29 is 19.1 Å². The van der Waals surface area contributed by atoms with Gasteiger partial charge in [-0.2, -0.15) is 0 Å². The van der Waals surface area contributed by atoms with Gasteiger partial charge in [-0.3, -0.25) is 9.59 Å². The number of carbonyl (C=O) groups is 2. The molecule has 1 saturated heterocycles. The first-order chi connectivity index (χ1) is 13.7. The molecule has 0 aliphatic carbocycles. The van der Waals surface area contributed by atoms with Crippen LogP contribution in [0.2, 0.25) is 0 Å². The van der Waals surface area contributed by atoms with Crippen molar-refractivity contribution in [2.45, 2.75) is 53.5 Å². The van der Waals surface area contributed by atoms with Crippen LogP contribution in [0.25, 0.3) is 0 Å². The van der Waals surface area contributed by atoms with E-state index in [0.717, 1.165) is 17.1 Å². The van der Waals surface area contributed by atoms with Gasteiger partial charge >= 0.3 is 0 Å². The minimum atomic E-state index is -0.379. The van der Waals surface area contributed by atoms with Crippen molar-refractivity contribution in [3.8, 4) is 11.5 Å². The van der Waals surface area contributed by atoms with Gasteiger partial charge in [0, 0.05) is 24.4 Å². The number of ether oxygens (including phenoxy) is 2. The monoisotopic (exact) mass is 402 g/mol. The van der Waals surface area contributed by atoms with E-state index in [1.54, 1.807) is 0 Å². The topological polar surface area (TPSA) is 67.9 Å². The molecule has 1 aromatic rings. The Hall–Kier alpha value is -2.24. The summed E-state index contributed by atoms with van der Waals surface area (Å²) in [6, 6.07) is 5.81. The zero-order chi connectivity index (χ0) is 21.2. The number of hydrogen-bond acceptors (Lipinski definition) is 4. The average molecular weight is 403 g/mol. The lowest BCUT2D eigenvalue weighted by atomic mass is 9.89. The van der Waals surface area contributed by atoms with Crippen LogP contribution in [0.1, 0.15) is 59.1 Å². The fourth-order valence-corrected chi connectivity index (χ4v) is 3.98. The van der Waals surface area contributed by atoms with Crippen molar-refractivity contribution in [3.63, 3.8) is 0 Å². The summed E-state index contributed by atoms with van der Waals surface area (Å²) in [7, 11) is 0. The Morgan fingerprint density at radius 1 is 1.07 bits per heavy atom. The molecule has 2 aliphatic rings. The van der Waals surface area contributed by atoms with Crippen LogP contribution in [0.5, 0.6) is 11.5 Å². The molecule has 0 radical (unpaired) electrons. The third-order valence-corrected chi connectivity index (χ3v) is 5.68. The molecule has 6 nitrogen and oxygen atoms in total. The Labute approximate surface area is 173 Å². The molecule has 160 valence electrons. The Morgan fingerprint density at radius 3 is 2.28 bits per heavy atom. The van der Waals surface area contributed by atoms with E-state index in [9.17, 15) is 9.59 Å². The zero-order valence-corrected chi connectivity index (χ0v) is 18.3.